The quantitative estimate of drug-likeness (QED) is 0.646. The highest BCUT2D eigenvalue weighted by atomic mass is 32.2. The molecule has 0 spiro atoms. The lowest BCUT2D eigenvalue weighted by Crippen LogP contribution is -2.40. The van der Waals surface area contributed by atoms with Gasteiger partial charge in [0.05, 0.1) is 23.7 Å². The number of carbonyl (C=O) groups excluding carboxylic acids is 1. The Morgan fingerprint density at radius 1 is 1.00 bits per heavy atom. The highest BCUT2D eigenvalue weighted by molar-refractivity contribution is 7.89. The molecule has 168 valence electrons. The lowest BCUT2D eigenvalue weighted by atomic mass is 10.2. The van der Waals surface area contributed by atoms with Gasteiger partial charge in [-0.1, -0.05) is 0 Å². The van der Waals surface area contributed by atoms with Crippen LogP contribution in [0.15, 0.2) is 46.2 Å². The van der Waals surface area contributed by atoms with Crippen LogP contribution >= 0.6 is 0 Å². The van der Waals surface area contributed by atoms with Gasteiger partial charge in [0.15, 0.2) is 0 Å². The number of rotatable bonds is 6. The van der Waals surface area contributed by atoms with Crippen molar-refractivity contribution in [2.45, 2.75) is 9.79 Å². The van der Waals surface area contributed by atoms with E-state index in [1.807, 2.05) is 0 Å². The molecule has 0 saturated carbocycles. The van der Waals surface area contributed by atoms with Crippen LogP contribution in [-0.2, 0) is 24.8 Å². The minimum Gasteiger partial charge on any atom is -0.379 e. The number of morpholine rings is 1. The van der Waals surface area contributed by atoms with Crippen LogP contribution in [0.3, 0.4) is 0 Å². The fraction of sp³-hybridized carbons (Fsp3) is 0.278. The molecule has 1 heterocycles. The summed E-state index contributed by atoms with van der Waals surface area (Å²) < 4.78 is 85.9. The highest BCUT2D eigenvalue weighted by Crippen LogP contribution is 2.25. The molecular weight excluding hydrogens is 456 g/mol. The molecule has 0 atom stereocenters. The van der Waals surface area contributed by atoms with Crippen molar-refractivity contribution in [2.75, 3.05) is 38.7 Å². The van der Waals surface area contributed by atoms with Crippen LogP contribution in [0.2, 0.25) is 0 Å². The molecule has 0 aliphatic carbocycles. The average Bonchev–Trinajstić information content (AvgIpc) is 2.75. The topological polar surface area (TPSA) is 122 Å². The maximum absolute atomic E-state index is 14.3. The molecule has 0 radical (unpaired) electrons. The Morgan fingerprint density at radius 3 is 2.29 bits per heavy atom. The first kappa shape index (κ1) is 23.2. The molecule has 2 N–H and O–H groups in total. The van der Waals surface area contributed by atoms with Gasteiger partial charge < -0.3 is 10.1 Å². The van der Waals surface area contributed by atoms with E-state index in [0.717, 1.165) is 47.8 Å². The van der Waals surface area contributed by atoms with Crippen molar-refractivity contribution in [1.82, 2.24) is 9.03 Å². The van der Waals surface area contributed by atoms with E-state index in [1.54, 1.807) is 0 Å². The molecule has 0 aromatic heterocycles. The predicted octanol–water partition coefficient (Wildman–Crippen LogP) is 1.15. The lowest BCUT2D eigenvalue weighted by molar-refractivity contribution is 0.0729. The number of hydrogen-bond donors (Lipinski definition) is 2. The van der Waals surface area contributed by atoms with Crippen molar-refractivity contribution in [3.05, 3.63) is 53.6 Å². The maximum Gasteiger partial charge on any atom is 0.258 e. The summed E-state index contributed by atoms with van der Waals surface area (Å²) in [5, 5.41) is 2.27. The molecule has 9 nitrogen and oxygen atoms in total. The summed E-state index contributed by atoms with van der Waals surface area (Å²) in [5.41, 5.74) is -0.697. The second-order valence-electron chi connectivity index (χ2n) is 6.46. The molecule has 1 amide bonds. The minimum absolute atomic E-state index is 0.0519. The summed E-state index contributed by atoms with van der Waals surface area (Å²) in [6.07, 6.45) is 0. The smallest absolute Gasteiger partial charge is 0.258 e. The first-order valence-corrected chi connectivity index (χ1v) is 11.9. The number of sulfonamides is 2. The van der Waals surface area contributed by atoms with Crippen molar-refractivity contribution in [3.63, 3.8) is 0 Å². The normalized spacial score (nSPS) is 15.6. The lowest BCUT2D eigenvalue weighted by Gasteiger charge is -2.26. The zero-order valence-corrected chi connectivity index (χ0v) is 17.9. The van der Waals surface area contributed by atoms with Crippen LogP contribution in [0.4, 0.5) is 14.5 Å². The highest BCUT2D eigenvalue weighted by Gasteiger charge is 2.29. The number of amides is 1. The molecule has 13 heteroatoms. The van der Waals surface area contributed by atoms with E-state index in [-0.39, 0.29) is 36.9 Å². The molecule has 1 aliphatic rings. The second-order valence-corrected chi connectivity index (χ2v) is 10.3. The summed E-state index contributed by atoms with van der Waals surface area (Å²) in [6.45, 7) is 0.442. The number of ether oxygens (including phenoxy) is 1. The summed E-state index contributed by atoms with van der Waals surface area (Å²) in [4.78, 5) is 11.5. The number of nitrogens with one attached hydrogen (secondary N) is 2. The summed E-state index contributed by atoms with van der Waals surface area (Å²) in [6, 6.07) is 5.54. The third-order valence-corrected chi connectivity index (χ3v) is 7.86. The van der Waals surface area contributed by atoms with E-state index in [9.17, 15) is 30.4 Å². The zero-order chi connectivity index (χ0) is 22.8. The van der Waals surface area contributed by atoms with Gasteiger partial charge in [-0.05, 0) is 43.4 Å². The Bertz CT molecular complexity index is 1210. The molecule has 31 heavy (non-hydrogen) atoms. The number of anilines is 1. The Kier molecular flexibility index (Phi) is 6.71. The molecule has 0 bridgehead atoms. The fourth-order valence-electron chi connectivity index (χ4n) is 2.87. The van der Waals surface area contributed by atoms with Crippen molar-refractivity contribution in [2.24, 2.45) is 0 Å². The van der Waals surface area contributed by atoms with Crippen LogP contribution in [0, 0.1) is 11.6 Å². The molecule has 1 fully saturated rings. The van der Waals surface area contributed by atoms with E-state index in [1.165, 1.54) is 0 Å². The fourth-order valence-corrected chi connectivity index (χ4v) is 5.12. The SMILES string of the molecule is CNS(=O)(=O)c1ccc(F)c(C(=O)Nc2ccc(F)c(S(=O)(=O)N3CCOCC3)c2)c1. The number of nitrogens with zero attached hydrogens (tertiary/aromatic N) is 1. The van der Waals surface area contributed by atoms with Gasteiger partial charge >= 0.3 is 0 Å². The number of halogens is 2. The van der Waals surface area contributed by atoms with Gasteiger partial charge in [-0.3, -0.25) is 4.79 Å². The molecule has 1 aliphatic heterocycles. The van der Waals surface area contributed by atoms with Crippen LogP contribution in [0.25, 0.3) is 0 Å². The van der Waals surface area contributed by atoms with Gasteiger partial charge in [0.2, 0.25) is 20.0 Å². The van der Waals surface area contributed by atoms with E-state index in [4.69, 9.17) is 4.74 Å². The van der Waals surface area contributed by atoms with Gasteiger partial charge in [0, 0.05) is 18.8 Å². The van der Waals surface area contributed by atoms with Gasteiger partial charge in [0.25, 0.3) is 5.91 Å². The molecular formula is C18H19F2N3O6S2. The van der Waals surface area contributed by atoms with Crippen LogP contribution in [-0.4, -0.2) is 60.4 Å². The Balaban J connectivity index is 1.91. The van der Waals surface area contributed by atoms with Crippen LogP contribution < -0.4 is 10.0 Å². The second kappa shape index (κ2) is 8.96. The molecule has 3 rings (SSSR count). The van der Waals surface area contributed by atoms with Crippen molar-refractivity contribution >= 4 is 31.6 Å². The average molecular weight is 475 g/mol. The number of carbonyl (C=O) groups is 1. The third-order valence-electron chi connectivity index (χ3n) is 4.54. The number of hydrogen-bond acceptors (Lipinski definition) is 6. The summed E-state index contributed by atoms with van der Waals surface area (Å²) in [5.74, 6) is -3.04. The molecule has 2 aromatic carbocycles. The van der Waals surface area contributed by atoms with Crippen molar-refractivity contribution in [3.8, 4) is 0 Å². The van der Waals surface area contributed by atoms with Gasteiger partial charge in [-0.25, -0.2) is 30.3 Å². The Hall–Kier alpha value is -2.45. The van der Waals surface area contributed by atoms with E-state index >= 15 is 0 Å². The molecule has 2 aromatic rings. The van der Waals surface area contributed by atoms with Crippen molar-refractivity contribution < 1.29 is 35.1 Å². The first-order valence-electron chi connectivity index (χ1n) is 8.98. The van der Waals surface area contributed by atoms with Crippen LogP contribution in [0.5, 0.6) is 0 Å². The monoisotopic (exact) mass is 475 g/mol. The van der Waals surface area contributed by atoms with Crippen LogP contribution in [0.1, 0.15) is 10.4 Å². The minimum atomic E-state index is -4.19. The van der Waals surface area contributed by atoms with E-state index in [2.05, 4.69) is 10.0 Å². The largest absolute Gasteiger partial charge is 0.379 e. The predicted molar refractivity (Wildman–Crippen MR) is 107 cm³/mol. The third kappa shape index (κ3) is 4.91. The summed E-state index contributed by atoms with van der Waals surface area (Å²) >= 11 is 0. The molecule has 1 saturated heterocycles. The van der Waals surface area contributed by atoms with E-state index in [0.29, 0.717) is 0 Å². The van der Waals surface area contributed by atoms with Gasteiger partial charge in [-0.15, -0.1) is 0 Å². The standard InChI is InChI=1S/C18H19F2N3O6S2/c1-21-30(25,26)13-3-5-15(19)14(11-13)18(24)22-12-2-4-16(20)17(10-12)31(27,28)23-6-8-29-9-7-23/h2-5,10-11,21H,6-9H2,1H3,(H,22,24). The Labute approximate surface area is 178 Å². The number of benzene rings is 2. The van der Waals surface area contributed by atoms with E-state index < -0.39 is 48.0 Å². The van der Waals surface area contributed by atoms with Crippen molar-refractivity contribution in [1.29, 1.82) is 0 Å². The first-order chi connectivity index (χ1) is 14.6. The molecule has 0 unspecified atom stereocenters. The Morgan fingerprint density at radius 2 is 1.65 bits per heavy atom. The van der Waals surface area contributed by atoms with Gasteiger partial charge in [-0.2, -0.15) is 4.31 Å². The van der Waals surface area contributed by atoms with Gasteiger partial charge in [0.1, 0.15) is 16.5 Å². The summed E-state index contributed by atoms with van der Waals surface area (Å²) in [7, 11) is -6.96. The zero-order valence-electron chi connectivity index (χ0n) is 16.3. The maximum atomic E-state index is 14.3.